The number of aryl methyl sites for hydroxylation is 2. The van der Waals surface area contributed by atoms with E-state index in [1.807, 2.05) is 55.7 Å². The number of aromatic amines is 1. The van der Waals surface area contributed by atoms with Crippen LogP contribution in [0.1, 0.15) is 0 Å². The molecule has 2 aromatic carbocycles. The molecule has 0 aliphatic heterocycles. The van der Waals surface area contributed by atoms with Crippen LogP contribution in [0.3, 0.4) is 0 Å². The molecule has 4 heterocycles. The maximum Gasteiger partial charge on any atom is 0.271 e. The van der Waals surface area contributed by atoms with Gasteiger partial charge in [-0.15, -0.1) is 0 Å². The van der Waals surface area contributed by atoms with E-state index in [1.54, 1.807) is 12.1 Å². The lowest BCUT2D eigenvalue weighted by Crippen LogP contribution is -1.89. The zero-order valence-electron chi connectivity index (χ0n) is 18.6. The molecule has 0 spiro atoms. The molecule has 166 valence electrons. The number of H-pyrrole nitrogens is 1. The molecule has 0 amide bonds. The van der Waals surface area contributed by atoms with E-state index >= 15 is 0 Å². The Hall–Kier alpha value is -4.72. The van der Waals surface area contributed by atoms with E-state index in [1.165, 1.54) is 6.33 Å². The first-order valence-corrected chi connectivity index (χ1v) is 10.8. The van der Waals surface area contributed by atoms with E-state index in [4.69, 9.17) is 0 Å². The van der Waals surface area contributed by atoms with Crippen molar-refractivity contribution < 1.29 is 4.92 Å². The van der Waals surface area contributed by atoms with Crippen LogP contribution in [0.15, 0.2) is 79.9 Å². The third kappa shape index (κ3) is 3.00. The summed E-state index contributed by atoms with van der Waals surface area (Å²) in [5.74, 6) is 0. The number of benzene rings is 2. The molecule has 0 saturated carbocycles. The van der Waals surface area contributed by atoms with Crippen LogP contribution >= 0.6 is 0 Å². The minimum atomic E-state index is -0.361. The van der Waals surface area contributed by atoms with Gasteiger partial charge in [-0.2, -0.15) is 0 Å². The molecule has 0 bridgehead atoms. The van der Waals surface area contributed by atoms with Gasteiger partial charge in [0.1, 0.15) is 6.33 Å². The van der Waals surface area contributed by atoms with Crippen LogP contribution in [-0.2, 0) is 14.1 Å². The highest BCUT2D eigenvalue weighted by molar-refractivity contribution is 6.05. The second-order valence-corrected chi connectivity index (χ2v) is 8.41. The number of nitro benzene ring substituents is 1. The Labute approximate surface area is 194 Å². The number of aromatic nitrogens is 5. The minimum absolute atomic E-state index is 0.0863. The van der Waals surface area contributed by atoms with Crippen molar-refractivity contribution in [3.8, 4) is 33.4 Å². The average molecular weight is 448 g/mol. The third-order valence-electron chi connectivity index (χ3n) is 6.40. The van der Waals surface area contributed by atoms with Gasteiger partial charge in [0.25, 0.3) is 5.69 Å². The van der Waals surface area contributed by atoms with Gasteiger partial charge >= 0.3 is 0 Å². The number of nitrogens with zero attached hydrogens (tertiary/aromatic N) is 5. The highest BCUT2D eigenvalue weighted by Gasteiger charge is 2.19. The maximum atomic E-state index is 11.3. The van der Waals surface area contributed by atoms with Gasteiger partial charge in [-0.3, -0.25) is 10.1 Å². The summed E-state index contributed by atoms with van der Waals surface area (Å²) in [5.41, 5.74) is 8.32. The number of nitro groups is 1. The van der Waals surface area contributed by atoms with Crippen molar-refractivity contribution in [2.45, 2.75) is 0 Å². The predicted molar refractivity (Wildman–Crippen MR) is 132 cm³/mol. The summed E-state index contributed by atoms with van der Waals surface area (Å²) in [6.45, 7) is 0. The molecule has 6 aromatic rings. The molecule has 0 aliphatic rings. The highest BCUT2D eigenvalue weighted by Crippen LogP contribution is 2.41. The largest absolute Gasteiger partial charge is 0.366 e. The standard InChI is InChI=1S/C26H20N6O2/c1-30-13-23(19-5-3-16(7-25(19)30)17-9-28-15-29-10-17)21-11-27-12-22(21)24-14-31(2)26-8-18(32(33)34)4-6-20(24)26/h3-15,27H,1-2H3. The van der Waals surface area contributed by atoms with Gasteiger partial charge in [0.15, 0.2) is 0 Å². The van der Waals surface area contributed by atoms with Crippen molar-refractivity contribution in [2.24, 2.45) is 14.1 Å². The molecule has 0 unspecified atom stereocenters. The van der Waals surface area contributed by atoms with Gasteiger partial charge < -0.3 is 14.1 Å². The van der Waals surface area contributed by atoms with Crippen LogP contribution in [0.25, 0.3) is 55.2 Å². The number of hydrogen-bond acceptors (Lipinski definition) is 4. The summed E-state index contributed by atoms with van der Waals surface area (Å²) >= 11 is 0. The van der Waals surface area contributed by atoms with Crippen LogP contribution < -0.4 is 0 Å². The van der Waals surface area contributed by atoms with Crippen LogP contribution in [-0.4, -0.2) is 29.0 Å². The first kappa shape index (κ1) is 19.9. The molecule has 0 fully saturated rings. The Morgan fingerprint density at radius 2 is 1.38 bits per heavy atom. The molecule has 0 saturated heterocycles. The molecule has 8 nitrogen and oxygen atoms in total. The number of nitrogens with one attached hydrogen (secondary N) is 1. The van der Waals surface area contributed by atoms with Crippen molar-refractivity contribution in [2.75, 3.05) is 0 Å². The van der Waals surface area contributed by atoms with E-state index in [0.717, 1.165) is 55.2 Å². The summed E-state index contributed by atoms with van der Waals surface area (Å²) in [6, 6.07) is 11.4. The molecule has 0 atom stereocenters. The molecular formula is C26H20N6O2. The van der Waals surface area contributed by atoms with Gasteiger partial charge in [0.2, 0.25) is 0 Å². The molecule has 4 aromatic heterocycles. The zero-order valence-corrected chi connectivity index (χ0v) is 18.6. The minimum Gasteiger partial charge on any atom is -0.366 e. The van der Waals surface area contributed by atoms with Crippen LogP contribution in [0, 0.1) is 10.1 Å². The van der Waals surface area contributed by atoms with Crippen molar-refractivity contribution in [3.05, 3.63) is 90.0 Å². The number of hydrogen-bond donors (Lipinski definition) is 1. The van der Waals surface area contributed by atoms with Gasteiger partial charge in [-0.05, 0) is 17.7 Å². The van der Waals surface area contributed by atoms with Gasteiger partial charge in [0, 0.05) is 108 Å². The van der Waals surface area contributed by atoms with Crippen molar-refractivity contribution in [1.29, 1.82) is 0 Å². The van der Waals surface area contributed by atoms with E-state index in [2.05, 4.69) is 43.9 Å². The lowest BCUT2D eigenvalue weighted by atomic mass is 9.97. The van der Waals surface area contributed by atoms with Crippen LogP contribution in [0.5, 0.6) is 0 Å². The molecular weight excluding hydrogens is 428 g/mol. The summed E-state index contributed by atoms with van der Waals surface area (Å²) in [6.07, 6.45) is 13.3. The fourth-order valence-electron chi connectivity index (χ4n) is 4.74. The van der Waals surface area contributed by atoms with Gasteiger partial charge in [0.05, 0.1) is 10.4 Å². The number of rotatable bonds is 4. The number of non-ortho nitro benzene ring substituents is 1. The van der Waals surface area contributed by atoms with Crippen molar-refractivity contribution in [3.63, 3.8) is 0 Å². The molecule has 6 rings (SSSR count). The average Bonchev–Trinajstić information content (AvgIpc) is 3.55. The highest BCUT2D eigenvalue weighted by atomic mass is 16.6. The maximum absolute atomic E-state index is 11.3. The van der Waals surface area contributed by atoms with Crippen molar-refractivity contribution in [1.82, 2.24) is 24.1 Å². The Balaban J connectivity index is 1.51. The monoisotopic (exact) mass is 448 g/mol. The number of fused-ring (bicyclic) bond motifs is 2. The summed E-state index contributed by atoms with van der Waals surface area (Å²) in [5, 5.41) is 13.4. The van der Waals surface area contributed by atoms with Crippen molar-refractivity contribution >= 4 is 27.5 Å². The third-order valence-corrected chi connectivity index (χ3v) is 6.40. The molecule has 0 aliphatic carbocycles. The summed E-state index contributed by atoms with van der Waals surface area (Å²) in [4.78, 5) is 22.4. The summed E-state index contributed by atoms with van der Waals surface area (Å²) < 4.78 is 4.06. The Bertz CT molecular complexity index is 1710. The molecule has 1 N–H and O–H groups in total. The smallest absolute Gasteiger partial charge is 0.271 e. The Morgan fingerprint density at radius 3 is 2.00 bits per heavy atom. The van der Waals surface area contributed by atoms with Gasteiger partial charge in [-0.1, -0.05) is 12.1 Å². The second kappa shape index (κ2) is 7.41. The normalized spacial score (nSPS) is 11.5. The summed E-state index contributed by atoms with van der Waals surface area (Å²) in [7, 11) is 3.95. The zero-order chi connectivity index (χ0) is 23.4. The Morgan fingerprint density at radius 1 is 0.794 bits per heavy atom. The fourth-order valence-corrected chi connectivity index (χ4v) is 4.74. The SMILES string of the molecule is Cn1cc(-c2c[nH]cc2-c2cn(C)c3cc([N+](=O)[O-])ccc23)c2ccc(-c3cncnc3)cc21. The fraction of sp³-hybridized carbons (Fsp3) is 0.0769. The predicted octanol–water partition coefficient (Wildman–Crippen LogP) is 5.70. The first-order chi connectivity index (χ1) is 16.5. The van der Waals surface area contributed by atoms with E-state index in [0.29, 0.717) is 0 Å². The van der Waals surface area contributed by atoms with Crippen LogP contribution in [0.2, 0.25) is 0 Å². The Kier molecular flexibility index (Phi) is 4.35. The molecule has 0 radical (unpaired) electrons. The lowest BCUT2D eigenvalue weighted by molar-refractivity contribution is -0.384. The van der Waals surface area contributed by atoms with Gasteiger partial charge in [-0.25, -0.2) is 9.97 Å². The van der Waals surface area contributed by atoms with E-state index in [-0.39, 0.29) is 10.6 Å². The quantitative estimate of drug-likeness (QED) is 0.277. The van der Waals surface area contributed by atoms with Crippen LogP contribution in [0.4, 0.5) is 5.69 Å². The lowest BCUT2D eigenvalue weighted by Gasteiger charge is -2.04. The topological polar surface area (TPSA) is 94.6 Å². The molecule has 8 heteroatoms. The molecule has 34 heavy (non-hydrogen) atoms. The van der Waals surface area contributed by atoms with E-state index in [9.17, 15) is 10.1 Å². The van der Waals surface area contributed by atoms with E-state index < -0.39 is 0 Å². The first-order valence-electron chi connectivity index (χ1n) is 10.8. The second-order valence-electron chi connectivity index (χ2n) is 8.41.